The number of carbonyl (C=O) groups is 1. The molecule has 4 heteroatoms. The summed E-state index contributed by atoms with van der Waals surface area (Å²) in [4.78, 5) is 12.0. The van der Waals surface area contributed by atoms with Gasteiger partial charge in [-0.05, 0) is 49.6 Å². The number of ether oxygens (including phenoxy) is 1. The fourth-order valence-corrected chi connectivity index (χ4v) is 2.21. The van der Waals surface area contributed by atoms with Crippen LogP contribution in [0.15, 0.2) is 36.4 Å². The Hall–Kier alpha value is -2.49. The number of nitrogens with one attached hydrogen (secondary N) is 1. The van der Waals surface area contributed by atoms with E-state index in [0.29, 0.717) is 17.1 Å². The Morgan fingerprint density at radius 2 is 1.86 bits per heavy atom. The number of amides is 1. The first-order chi connectivity index (χ1) is 9.97. The fraction of sp³-hybridized carbons (Fsp3) is 0.235. The third kappa shape index (κ3) is 3.75. The first-order valence-corrected chi connectivity index (χ1v) is 6.82. The second-order valence-electron chi connectivity index (χ2n) is 5.15. The standard InChI is InChI=1S/C17H20N2O2/c1-11-8-13(3)17(14(18)9-11)19-16(20)10-21-15-7-5-4-6-12(15)2/h4-9H,10,18H2,1-3H3,(H,19,20). The molecule has 0 spiro atoms. The van der Waals surface area contributed by atoms with Gasteiger partial charge in [0.15, 0.2) is 6.61 Å². The molecule has 1 amide bonds. The van der Waals surface area contributed by atoms with Gasteiger partial charge in [0, 0.05) is 0 Å². The van der Waals surface area contributed by atoms with Gasteiger partial charge in [0.2, 0.25) is 0 Å². The zero-order valence-electron chi connectivity index (χ0n) is 12.6. The van der Waals surface area contributed by atoms with E-state index in [9.17, 15) is 4.79 Å². The molecule has 2 aromatic carbocycles. The zero-order chi connectivity index (χ0) is 15.4. The lowest BCUT2D eigenvalue weighted by atomic mass is 10.1. The predicted molar refractivity (Wildman–Crippen MR) is 85.6 cm³/mol. The molecule has 0 unspecified atom stereocenters. The van der Waals surface area contributed by atoms with Gasteiger partial charge in [0.05, 0.1) is 11.4 Å². The van der Waals surface area contributed by atoms with Crippen molar-refractivity contribution in [2.75, 3.05) is 17.7 Å². The van der Waals surface area contributed by atoms with Crippen molar-refractivity contribution < 1.29 is 9.53 Å². The molecule has 0 aliphatic rings. The average Bonchev–Trinajstić information content (AvgIpc) is 2.42. The number of aryl methyl sites for hydroxylation is 3. The first-order valence-electron chi connectivity index (χ1n) is 6.82. The van der Waals surface area contributed by atoms with Crippen LogP contribution in [0.3, 0.4) is 0 Å². The van der Waals surface area contributed by atoms with Gasteiger partial charge in [0.25, 0.3) is 5.91 Å². The van der Waals surface area contributed by atoms with E-state index in [4.69, 9.17) is 10.5 Å². The van der Waals surface area contributed by atoms with Crippen molar-refractivity contribution in [2.24, 2.45) is 0 Å². The van der Waals surface area contributed by atoms with Crippen LogP contribution in [0.1, 0.15) is 16.7 Å². The number of nitrogen functional groups attached to an aromatic ring is 1. The van der Waals surface area contributed by atoms with Gasteiger partial charge in [-0.15, -0.1) is 0 Å². The average molecular weight is 284 g/mol. The van der Waals surface area contributed by atoms with Crippen molar-refractivity contribution in [1.82, 2.24) is 0 Å². The van der Waals surface area contributed by atoms with Gasteiger partial charge in [-0.1, -0.05) is 24.3 Å². The Balaban J connectivity index is 2.01. The van der Waals surface area contributed by atoms with Gasteiger partial charge in [-0.2, -0.15) is 0 Å². The van der Waals surface area contributed by atoms with Crippen LogP contribution < -0.4 is 15.8 Å². The monoisotopic (exact) mass is 284 g/mol. The molecule has 0 radical (unpaired) electrons. The zero-order valence-corrected chi connectivity index (χ0v) is 12.6. The van der Waals surface area contributed by atoms with E-state index >= 15 is 0 Å². The van der Waals surface area contributed by atoms with Crippen molar-refractivity contribution in [3.05, 3.63) is 53.1 Å². The van der Waals surface area contributed by atoms with Gasteiger partial charge >= 0.3 is 0 Å². The van der Waals surface area contributed by atoms with Crippen LogP contribution in [0.2, 0.25) is 0 Å². The summed E-state index contributed by atoms with van der Waals surface area (Å²) in [7, 11) is 0. The lowest BCUT2D eigenvalue weighted by Gasteiger charge is -2.13. The summed E-state index contributed by atoms with van der Waals surface area (Å²) in [5.74, 6) is 0.484. The molecular formula is C17H20N2O2. The molecule has 0 atom stereocenters. The van der Waals surface area contributed by atoms with Crippen molar-refractivity contribution in [2.45, 2.75) is 20.8 Å². The summed E-state index contributed by atoms with van der Waals surface area (Å²) in [6, 6.07) is 11.4. The van der Waals surface area contributed by atoms with Gasteiger partial charge in [0.1, 0.15) is 5.75 Å². The molecule has 110 valence electrons. The predicted octanol–water partition coefficient (Wildman–Crippen LogP) is 3.21. The highest BCUT2D eigenvalue weighted by Crippen LogP contribution is 2.25. The fourth-order valence-electron chi connectivity index (χ4n) is 2.21. The number of carbonyl (C=O) groups excluding carboxylic acids is 1. The van der Waals surface area contributed by atoms with E-state index in [1.165, 1.54) is 0 Å². The Bertz CT molecular complexity index is 643. The topological polar surface area (TPSA) is 64.3 Å². The van der Waals surface area contributed by atoms with Gasteiger partial charge < -0.3 is 15.8 Å². The highest BCUT2D eigenvalue weighted by atomic mass is 16.5. The minimum absolute atomic E-state index is 0.0440. The van der Waals surface area contributed by atoms with Crippen LogP contribution >= 0.6 is 0 Å². The van der Waals surface area contributed by atoms with Crippen LogP contribution in [0.5, 0.6) is 5.75 Å². The van der Waals surface area contributed by atoms with E-state index < -0.39 is 0 Å². The third-order valence-corrected chi connectivity index (χ3v) is 3.23. The Labute approximate surface area is 124 Å². The summed E-state index contributed by atoms with van der Waals surface area (Å²) in [6.07, 6.45) is 0. The van der Waals surface area contributed by atoms with Gasteiger partial charge in [-0.3, -0.25) is 4.79 Å². The number of benzene rings is 2. The lowest BCUT2D eigenvalue weighted by molar-refractivity contribution is -0.118. The van der Waals surface area contributed by atoms with Crippen molar-refractivity contribution in [1.29, 1.82) is 0 Å². The smallest absolute Gasteiger partial charge is 0.262 e. The first kappa shape index (κ1) is 14.9. The molecule has 0 saturated carbocycles. The van der Waals surface area contributed by atoms with Crippen LogP contribution in [0.25, 0.3) is 0 Å². The maximum Gasteiger partial charge on any atom is 0.262 e. The molecule has 0 saturated heterocycles. The molecule has 0 aliphatic carbocycles. The number of nitrogens with two attached hydrogens (primary N) is 1. The normalized spacial score (nSPS) is 10.2. The molecule has 4 nitrogen and oxygen atoms in total. The molecule has 0 bridgehead atoms. The Morgan fingerprint density at radius 1 is 1.14 bits per heavy atom. The molecule has 3 N–H and O–H groups in total. The minimum atomic E-state index is -0.225. The molecule has 0 fully saturated rings. The van der Waals surface area contributed by atoms with Crippen molar-refractivity contribution in [3.8, 4) is 5.75 Å². The highest BCUT2D eigenvalue weighted by Gasteiger charge is 2.10. The van der Waals surface area contributed by atoms with Crippen molar-refractivity contribution in [3.63, 3.8) is 0 Å². The van der Waals surface area contributed by atoms with E-state index in [0.717, 1.165) is 16.7 Å². The lowest BCUT2D eigenvalue weighted by Crippen LogP contribution is -2.21. The second-order valence-corrected chi connectivity index (χ2v) is 5.15. The van der Waals surface area contributed by atoms with E-state index in [2.05, 4.69) is 5.32 Å². The van der Waals surface area contributed by atoms with Crippen LogP contribution in [0.4, 0.5) is 11.4 Å². The number of hydrogen-bond donors (Lipinski definition) is 2. The van der Waals surface area contributed by atoms with Crippen LogP contribution in [-0.4, -0.2) is 12.5 Å². The minimum Gasteiger partial charge on any atom is -0.483 e. The molecule has 0 heterocycles. The number of anilines is 2. The summed E-state index contributed by atoms with van der Waals surface area (Å²) >= 11 is 0. The largest absolute Gasteiger partial charge is 0.483 e. The molecule has 0 aliphatic heterocycles. The number of para-hydroxylation sites is 1. The molecule has 0 aromatic heterocycles. The van der Waals surface area contributed by atoms with Gasteiger partial charge in [-0.25, -0.2) is 0 Å². The summed E-state index contributed by atoms with van der Waals surface area (Å²) in [6.45, 7) is 5.78. The maximum atomic E-state index is 12.0. The Morgan fingerprint density at radius 3 is 2.52 bits per heavy atom. The van der Waals surface area contributed by atoms with Crippen LogP contribution in [-0.2, 0) is 4.79 Å². The SMILES string of the molecule is Cc1cc(C)c(NC(=O)COc2ccccc2C)c(N)c1. The molecule has 2 rings (SSSR count). The number of hydrogen-bond acceptors (Lipinski definition) is 3. The third-order valence-electron chi connectivity index (χ3n) is 3.23. The maximum absolute atomic E-state index is 12.0. The summed E-state index contributed by atoms with van der Waals surface area (Å²) < 4.78 is 5.52. The highest BCUT2D eigenvalue weighted by molar-refractivity contribution is 5.95. The quantitative estimate of drug-likeness (QED) is 0.847. The van der Waals surface area contributed by atoms with Crippen molar-refractivity contribution >= 4 is 17.3 Å². The molecular weight excluding hydrogens is 264 g/mol. The van der Waals surface area contributed by atoms with E-state index in [1.54, 1.807) is 0 Å². The van der Waals surface area contributed by atoms with E-state index in [-0.39, 0.29) is 12.5 Å². The molecule has 2 aromatic rings. The Kier molecular flexibility index (Phi) is 4.48. The van der Waals surface area contributed by atoms with E-state index in [1.807, 2.05) is 57.2 Å². The second kappa shape index (κ2) is 6.31. The summed E-state index contributed by atoms with van der Waals surface area (Å²) in [5.41, 5.74) is 10.2. The van der Waals surface area contributed by atoms with Crippen LogP contribution in [0, 0.1) is 20.8 Å². The number of rotatable bonds is 4. The summed E-state index contributed by atoms with van der Waals surface area (Å²) in [5, 5.41) is 2.81. The molecule has 21 heavy (non-hydrogen) atoms.